The molecule has 1 N–H and O–H groups in total. The molecule has 0 heterocycles. The Labute approximate surface area is 86.2 Å². The molecule has 0 aliphatic heterocycles. The molecule has 0 bridgehead atoms. The van der Waals surface area contributed by atoms with Crippen LogP contribution in [0.15, 0.2) is 18.7 Å². The summed E-state index contributed by atoms with van der Waals surface area (Å²) in [6.07, 6.45) is 2.43. The minimum atomic E-state index is 0. The van der Waals surface area contributed by atoms with Crippen molar-refractivity contribution >= 4 is 0 Å². The van der Waals surface area contributed by atoms with Gasteiger partial charge in [0.2, 0.25) is 0 Å². The summed E-state index contributed by atoms with van der Waals surface area (Å²) < 4.78 is 0. The third-order valence-electron chi connectivity index (χ3n) is 0.177. The average Bonchev–Trinajstić information content (AvgIpc) is 1.91. The van der Waals surface area contributed by atoms with E-state index in [2.05, 4.69) is 24.7 Å². The molecule has 11 heavy (non-hydrogen) atoms. The largest absolute Gasteiger partial charge is 0.570 e. The average molecular weight is 326 g/mol. The molecule has 68 valence electrons. The Bertz CT molecular complexity index is 66.0. The first-order chi connectivity index (χ1) is 4.65. The van der Waals surface area contributed by atoms with Gasteiger partial charge in [-0.25, -0.2) is 0 Å². The van der Waals surface area contributed by atoms with Gasteiger partial charge in [-0.3, -0.25) is 6.58 Å². The van der Waals surface area contributed by atoms with Crippen LogP contribution in [0.5, 0.6) is 0 Å². The van der Waals surface area contributed by atoms with Crippen molar-refractivity contribution in [2.24, 2.45) is 0 Å². The summed E-state index contributed by atoms with van der Waals surface area (Å²) in [6.45, 7) is 14.7. The van der Waals surface area contributed by atoms with Gasteiger partial charge in [0.1, 0.15) is 0 Å². The number of nitrogens with one attached hydrogen (secondary N) is 1. The molecule has 0 rings (SSSR count). The summed E-state index contributed by atoms with van der Waals surface area (Å²) in [7, 11) is 1.76. The van der Waals surface area contributed by atoms with Crippen LogP contribution in [-0.2, 0) is 21.1 Å². The SMILES string of the molecule is C=C(C)C.C=[C-]NC.CC.[W]. The molecule has 0 saturated heterocycles. The van der Waals surface area contributed by atoms with E-state index in [1.54, 1.807) is 7.05 Å². The van der Waals surface area contributed by atoms with Crippen molar-refractivity contribution < 1.29 is 21.1 Å². The Hall–Kier alpha value is -0.0317. The number of rotatable bonds is 1. The molecular formula is C9H20NW-. The summed E-state index contributed by atoms with van der Waals surface area (Å²) >= 11 is 0. The maximum Gasteiger partial charge on any atom is 0 e. The van der Waals surface area contributed by atoms with Crippen LogP contribution >= 0.6 is 0 Å². The van der Waals surface area contributed by atoms with Crippen molar-refractivity contribution in [3.8, 4) is 0 Å². The van der Waals surface area contributed by atoms with E-state index in [0.717, 1.165) is 0 Å². The predicted octanol–water partition coefficient (Wildman–Crippen LogP) is 2.76. The molecule has 1 nitrogen and oxygen atoms in total. The second kappa shape index (κ2) is 32.5. The van der Waals surface area contributed by atoms with Gasteiger partial charge >= 0.3 is 0 Å². The summed E-state index contributed by atoms with van der Waals surface area (Å²) in [4.78, 5) is 0. The van der Waals surface area contributed by atoms with Crippen LogP contribution in [0.25, 0.3) is 0 Å². The van der Waals surface area contributed by atoms with E-state index in [-0.39, 0.29) is 21.1 Å². The molecule has 0 unspecified atom stereocenters. The molecule has 0 amide bonds. The molecule has 0 spiro atoms. The Morgan fingerprint density at radius 3 is 1.36 bits per heavy atom. The van der Waals surface area contributed by atoms with E-state index < -0.39 is 0 Å². The fourth-order valence-corrected chi connectivity index (χ4v) is 0. The van der Waals surface area contributed by atoms with Crippen molar-refractivity contribution in [1.82, 2.24) is 5.32 Å². The number of hydrogen-bond acceptors (Lipinski definition) is 1. The predicted molar refractivity (Wildman–Crippen MR) is 49.8 cm³/mol. The second-order valence-corrected chi connectivity index (χ2v) is 1.63. The summed E-state index contributed by atoms with van der Waals surface area (Å²) in [5.74, 6) is 0. The quantitative estimate of drug-likeness (QED) is 0.444. The number of allylic oxidation sites excluding steroid dienone is 1. The van der Waals surface area contributed by atoms with Gasteiger partial charge in [-0.05, 0) is 20.9 Å². The van der Waals surface area contributed by atoms with Gasteiger partial charge in [0.15, 0.2) is 0 Å². The third-order valence-corrected chi connectivity index (χ3v) is 0.177. The van der Waals surface area contributed by atoms with Crippen LogP contribution in [-0.4, -0.2) is 7.05 Å². The van der Waals surface area contributed by atoms with Crippen molar-refractivity contribution in [3.05, 3.63) is 24.9 Å². The molecular weight excluding hydrogens is 306 g/mol. The standard InChI is InChI=1S/C4H8.C3H6N.C2H6.W/c1-4(2)3;1-3-4-2;1-2;/h1H2,2-3H3;4H,1H2,2H3;1-2H3;/q;-1;;. The van der Waals surface area contributed by atoms with Crippen LogP contribution in [0.1, 0.15) is 27.7 Å². The van der Waals surface area contributed by atoms with E-state index in [1.165, 1.54) is 5.57 Å². The Morgan fingerprint density at radius 2 is 1.36 bits per heavy atom. The van der Waals surface area contributed by atoms with E-state index in [4.69, 9.17) is 0 Å². The second-order valence-electron chi connectivity index (χ2n) is 1.63. The zero-order chi connectivity index (χ0) is 8.99. The zero-order valence-electron chi connectivity index (χ0n) is 8.32. The topological polar surface area (TPSA) is 12.0 Å². The molecule has 0 atom stereocenters. The van der Waals surface area contributed by atoms with Gasteiger partial charge in [0.05, 0.1) is 0 Å². The first-order valence-electron chi connectivity index (χ1n) is 3.46. The molecule has 0 saturated carbocycles. The first-order valence-corrected chi connectivity index (χ1v) is 3.46. The minimum Gasteiger partial charge on any atom is -0.570 e. The number of hydrogen-bond donors (Lipinski definition) is 1. The molecule has 0 fully saturated rings. The molecule has 0 aliphatic carbocycles. The van der Waals surface area contributed by atoms with Crippen LogP contribution in [0.3, 0.4) is 0 Å². The van der Waals surface area contributed by atoms with E-state index in [9.17, 15) is 0 Å². The zero-order valence-corrected chi connectivity index (χ0v) is 11.3. The molecule has 0 aromatic carbocycles. The molecule has 2 heteroatoms. The van der Waals surface area contributed by atoms with Gasteiger partial charge in [-0.15, -0.1) is 6.58 Å². The van der Waals surface area contributed by atoms with Crippen LogP contribution in [0.2, 0.25) is 0 Å². The Kier molecular flexibility index (Phi) is 66.3. The van der Waals surface area contributed by atoms with Gasteiger partial charge in [0.25, 0.3) is 0 Å². The third kappa shape index (κ3) is 675. The Balaban J connectivity index is -0.0000000339. The monoisotopic (exact) mass is 326 g/mol. The maximum atomic E-state index is 3.56. The van der Waals surface area contributed by atoms with Crippen LogP contribution < -0.4 is 5.32 Å². The molecule has 0 aromatic heterocycles. The smallest absolute Gasteiger partial charge is 0 e. The summed E-state index contributed by atoms with van der Waals surface area (Å²) in [5.41, 5.74) is 1.17. The normalized spacial score (nSPS) is 4.82. The Morgan fingerprint density at radius 1 is 1.27 bits per heavy atom. The van der Waals surface area contributed by atoms with Gasteiger partial charge in [-0.1, -0.05) is 19.4 Å². The van der Waals surface area contributed by atoms with Crippen LogP contribution in [0.4, 0.5) is 0 Å². The maximum absolute atomic E-state index is 3.56. The van der Waals surface area contributed by atoms with Gasteiger partial charge in [-0.2, -0.15) is 0 Å². The van der Waals surface area contributed by atoms with E-state index >= 15 is 0 Å². The van der Waals surface area contributed by atoms with Crippen LogP contribution in [0, 0.1) is 6.20 Å². The first kappa shape index (κ1) is 22.4. The van der Waals surface area contributed by atoms with Crippen molar-refractivity contribution in [2.45, 2.75) is 27.7 Å². The van der Waals surface area contributed by atoms with Crippen molar-refractivity contribution in [1.29, 1.82) is 0 Å². The van der Waals surface area contributed by atoms with Gasteiger partial charge in [0, 0.05) is 21.1 Å². The minimum absolute atomic E-state index is 0. The fraction of sp³-hybridized carbons (Fsp3) is 0.556. The van der Waals surface area contributed by atoms with E-state index in [1.807, 2.05) is 27.7 Å². The molecule has 0 radical (unpaired) electrons. The molecule has 0 aliphatic rings. The van der Waals surface area contributed by atoms with Crippen molar-refractivity contribution in [3.63, 3.8) is 0 Å². The fourth-order valence-electron chi connectivity index (χ4n) is 0. The summed E-state index contributed by atoms with van der Waals surface area (Å²) in [5, 5.41) is 2.57. The van der Waals surface area contributed by atoms with E-state index in [0.29, 0.717) is 0 Å². The van der Waals surface area contributed by atoms with Crippen molar-refractivity contribution in [2.75, 3.05) is 7.05 Å². The summed E-state index contributed by atoms with van der Waals surface area (Å²) in [6, 6.07) is 0. The molecule has 0 aromatic rings. The van der Waals surface area contributed by atoms with Gasteiger partial charge < -0.3 is 11.5 Å².